The smallest absolute Gasteiger partial charge is 0.423 e. The number of rotatable bonds is 50. The summed E-state index contributed by atoms with van der Waals surface area (Å²) in [5.41, 5.74) is 0. The highest BCUT2D eigenvalue weighted by molar-refractivity contribution is 5.86. The van der Waals surface area contributed by atoms with Gasteiger partial charge in [-0.3, -0.25) is 9.59 Å². The fraction of sp³-hybridized carbons (Fsp3) is 0.881. The van der Waals surface area contributed by atoms with Gasteiger partial charge in [-0.25, -0.2) is 4.79 Å². The predicted molar refractivity (Wildman–Crippen MR) is 278 cm³/mol. The van der Waals surface area contributed by atoms with Crippen molar-refractivity contribution in [1.82, 2.24) is 0 Å². The van der Waals surface area contributed by atoms with Crippen LogP contribution in [0.2, 0.25) is 0 Å². The molecule has 0 amide bonds. The van der Waals surface area contributed by atoms with E-state index in [1.807, 2.05) is 0 Å². The van der Waals surface area contributed by atoms with E-state index in [4.69, 9.17) is 9.47 Å². The molecule has 0 aliphatic heterocycles. The van der Waals surface area contributed by atoms with Gasteiger partial charge in [-0.2, -0.15) is 0 Å². The standard InChI is InChI=1S/C59H110O5/c1-7-9-11-13-15-17-19-21-23-25-31-37-43-49-55(60)57(51-45-39-33-27-29-35-41-47-53(3)4)63-59(62)64-58(52-46-40-34-28-30-36-42-48-54(5)6)56(61)50-44-38-32-26-24-22-20-18-16-14-12-10-8-2/h17-20,53-54,57-58H,7-16,21-52H2,1-6H3/b19-17-,20-18-. The molecule has 0 aliphatic carbocycles. The van der Waals surface area contributed by atoms with Gasteiger partial charge in [-0.15, -0.1) is 0 Å². The predicted octanol–water partition coefficient (Wildman–Crippen LogP) is 19.9. The summed E-state index contributed by atoms with van der Waals surface area (Å²) >= 11 is 0. The first-order valence-corrected chi connectivity index (χ1v) is 28.4. The average molecular weight is 900 g/mol. The summed E-state index contributed by atoms with van der Waals surface area (Å²) in [5.74, 6) is 1.56. The second-order valence-electron chi connectivity index (χ2n) is 20.5. The van der Waals surface area contributed by atoms with Crippen molar-refractivity contribution in [3.8, 4) is 0 Å². The Morgan fingerprint density at radius 3 is 0.875 bits per heavy atom. The largest absolute Gasteiger partial charge is 0.509 e. The van der Waals surface area contributed by atoms with E-state index in [9.17, 15) is 14.4 Å². The maximum Gasteiger partial charge on any atom is 0.509 e. The Kier molecular flexibility index (Phi) is 47.5. The number of allylic oxidation sites excluding steroid dienone is 4. The summed E-state index contributed by atoms with van der Waals surface area (Å²) in [5, 5.41) is 0. The van der Waals surface area contributed by atoms with Crippen molar-refractivity contribution in [2.24, 2.45) is 11.8 Å². The summed E-state index contributed by atoms with van der Waals surface area (Å²) in [7, 11) is 0. The van der Waals surface area contributed by atoms with Crippen LogP contribution in [0.5, 0.6) is 0 Å². The molecule has 0 aromatic rings. The molecule has 5 heteroatoms. The third-order valence-corrected chi connectivity index (χ3v) is 13.1. The van der Waals surface area contributed by atoms with Gasteiger partial charge in [0.05, 0.1) is 0 Å². The minimum atomic E-state index is -0.830. The first-order chi connectivity index (χ1) is 31.2. The van der Waals surface area contributed by atoms with Crippen LogP contribution in [-0.2, 0) is 19.1 Å². The molecule has 0 aromatic carbocycles. The van der Waals surface area contributed by atoms with Crippen molar-refractivity contribution in [1.29, 1.82) is 0 Å². The molecule has 0 aliphatic rings. The molecule has 0 saturated carbocycles. The van der Waals surface area contributed by atoms with E-state index in [0.717, 1.165) is 102 Å². The van der Waals surface area contributed by atoms with E-state index in [1.54, 1.807) is 0 Å². The Labute approximate surface area is 399 Å². The molecule has 376 valence electrons. The fourth-order valence-corrected chi connectivity index (χ4v) is 8.72. The van der Waals surface area contributed by atoms with Crippen LogP contribution in [0.15, 0.2) is 24.3 Å². The van der Waals surface area contributed by atoms with Crippen LogP contribution in [0.25, 0.3) is 0 Å². The fourth-order valence-electron chi connectivity index (χ4n) is 8.72. The van der Waals surface area contributed by atoms with Gasteiger partial charge in [0.2, 0.25) is 0 Å². The molecular weight excluding hydrogens is 789 g/mol. The molecular formula is C59H110O5. The normalized spacial score (nSPS) is 12.9. The highest BCUT2D eigenvalue weighted by atomic mass is 16.7. The second-order valence-corrected chi connectivity index (χ2v) is 20.5. The van der Waals surface area contributed by atoms with Crippen LogP contribution in [0.3, 0.4) is 0 Å². The third-order valence-electron chi connectivity index (χ3n) is 13.1. The first-order valence-electron chi connectivity index (χ1n) is 28.4. The van der Waals surface area contributed by atoms with Crippen LogP contribution < -0.4 is 0 Å². The van der Waals surface area contributed by atoms with Gasteiger partial charge in [-0.1, -0.05) is 233 Å². The van der Waals surface area contributed by atoms with Gasteiger partial charge in [0.15, 0.2) is 23.8 Å². The number of carbonyl (C=O) groups is 3. The monoisotopic (exact) mass is 899 g/mol. The van der Waals surface area contributed by atoms with Crippen molar-refractivity contribution < 1.29 is 23.9 Å². The topological polar surface area (TPSA) is 69.7 Å². The number of carbonyl (C=O) groups excluding carboxylic acids is 3. The minimum absolute atomic E-state index is 0.00961. The van der Waals surface area contributed by atoms with Crippen molar-refractivity contribution in [2.45, 2.75) is 323 Å². The van der Waals surface area contributed by atoms with Crippen LogP contribution in [-0.4, -0.2) is 29.9 Å². The Bertz CT molecular complexity index is 993. The van der Waals surface area contributed by atoms with E-state index < -0.39 is 18.4 Å². The first kappa shape index (κ1) is 62.1. The summed E-state index contributed by atoms with van der Waals surface area (Å²) in [4.78, 5) is 40.7. The minimum Gasteiger partial charge on any atom is -0.423 e. The quantitative estimate of drug-likeness (QED) is 0.0346. The molecule has 0 aromatic heterocycles. The highest BCUT2D eigenvalue weighted by Crippen LogP contribution is 2.21. The molecule has 0 spiro atoms. The zero-order chi connectivity index (χ0) is 47.0. The highest BCUT2D eigenvalue weighted by Gasteiger charge is 2.27. The van der Waals surface area contributed by atoms with Crippen molar-refractivity contribution >= 4 is 17.7 Å². The number of ketones is 2. The maximum absolute atomic E-state index is 13.6. The van der Waals surface area contributed by atoms with Gasteiger partial charge in [0.1, 0.15) is 0 Å². The molecule has 2 unspecified atom stereocenters. The van der Waals surface area contributed by atoms with Crippen LogP contribution >= 0.6 is 0 Å². The molecule has 64 heavy (non-hydrogen) atoms. The number of Topliss-reactive ketones (excluding diaryl/α,β-unsaturated/α-hetero) is 2. The molecule has 0 bridgehead atoms. The lowest BCUT2D eigenvalue weighted by atomic mass is 9.99. The number of hydrogen-bond donors (Lipinski definition) is 0. The van der Waals surface area contributed by atoms with Gasteiger partial charge < -0.3 is 9.47 Å². The van der Waals surface area contributed by atoms with Crippen molar-refractivity contribution in [3.05, 3.63) is 24.3 Å². The third kappa shape index (κ3) is 45.3. The van der Waals surface area contributed by atoms with Crippen LogP contribution in [0.1, 0.15) is 311 Å². The van der Waals surface area contributed by atoms with E-state index in [2.05, 4.69) is 65.8 Å². The van der Waals surface area contributed by atoms with E-state index in [1.165, 1.54) is 154 Å². The molecule has 0 N–H and O–H groups in total. The zero-order valence-corrected chi connectivity index (χ0v) is 43.9. The van der Waals surface area contributed by atoms with Crippen LogP contribution in [0.4, 0.5) is 4.79 Å². The lowest BCUT2D eigenvalue weighted by Gasteiger charge is -2.20. The van der Waals surface area contributed by atoms with E-state index in [0.29, 0.717) is 25.7 Å². The average Bonchev–Trinajstić information content (AvgIpc) is 3.27. The van der Waals surface area contributed by atoms with Gasteiger partial charge in [-0.05, 0) is 102 Å². The summed E-state index contributed by atoms with van der Waals surface area (Å²) in [6, 6.07) is 0. The van der Waals surface area contributed by atoms with E-state index in [-0.39, 0.29) is 11.6 Å². The van der Waals surface area contributed by atoms with Crippen molar-refractivity contribution in [3.63, 3.8) is 0 Å². The molecule has 5 nitrogen and oxygen atoms in total. The molecule has 2 atom stereocenters. The Hall–Kier alpha value is -1.91. The van der Waals surface area contributed by atoms with Gasteiger partial charge in [0.25, 0.3) is 0 Å². The summed E-state index contributed by atoms with van der Waals surface area (Å²) in [6.45, 7) is 13.7. The second kappa shape index (κ2) is 49.0. The Morgan fingerprint density at radius 2 is 0.578 bits per heavy atom. The summed E-state index contributed by atoms with van der Waals surface area (Å²) < 4.78 is 11.8. The molecule has 0 rings (SSSR count). The molecule has 0 fully saturated rings. The number of ether oxygens (including phenoxy) is 2. The van der Waals surface area contributed by atoms with Gasteiger partial charge in [0, 0.05) is 12.8 Å². The zero-order valence-electron chi connectivity index (χ0n) is 43.9. The SMILES string of the molecule is CCCCCC/C=C\CCCCCCCC(=O)C(CCCCCCCCCC(C)C)OC(=O)OC(CCCCCCCCCC(C)C)C(=O)CCCCCCC/C=C\CCCCCC. The van der Waals surface area contributed by atoms with Crippen LogP contribution in [0, 0.1) is 11.8 Å². The van der Waals surface area contributed by atoms with E-state index >= 15 is 0 Å². The van der Waals surface area contributed by atoms with Crippen molar-refractivity contribution in [2.75, 3.05) is 0 Å². The number of hydrogen-bond acceptors (Lipinski definition) is 5. The summed E-state index contributed by atoms with van der Waals surface area (Å²) in [6.07, 6.45) is 53.7. The Balaban J connectivity index is 5.14. The maximum atomic E-state index is 13.6. The molecule has 0 radical (unpaired) electrons. The lowest BCUT2D eigenvalue weighted by molar-refractivity contribution is -0.133. The molecule has 0 saturated heterocycles. The number of unbranched alkanes of at least 4 members (excludes halogenated alkanes) is 30. The van der Waals surface area contributed by atoms with Gasteiger partial charge >= 0.3 is 6.16 Å². The Morgan fingerprint density at radius 1 is 0.328 bits per heavy atom. The lowest BCUT2D eigenvalue weighted by Crippen LogP contribution is -2.32. The molecule has 0 heterocycles.